The second-order valence-electron chi connectivity index (χ2n) is 20.7. The van der Waals surface area contributed by atoms with Gasteiger partial charge in [0.1, 0.15) is 73.2 Å². The Balaban J connectivity index is 1.45. The minimum absolute atomic E-state index is 0.145. The van der Waals surface area contributed by atoms with E-state index in [4.69, 9.17) is 28.4 Å². The number of rotatable bonds is 41. The smallest absolute Gasteiger partial charge is 0.220 e. The predicted octanol–water partition coefficient (Wildman–Crippen LogP) is 5.48. The molecule has 0 aliphatic carbocycles. The van der Waals surface area contributed by atoms with Crippen LogP contribution in [0.25, 0.3) is 0 Å². The molecule has 3 aliphatic heterocycles. The van der Waals surface area contributed by atoms with Gasteiger partial charge in [-0.05, 0) is 96.3 Å². The highest BCUT2D eigenvalue weighted by Crippen LogP contribution is 2.33. The monoisotopic (exact) mass is 1170 g/mol. The van der Waals surface area contributed by atoms with Gasteiger partial charge in [0.25, 0.3) is 0 Å². The van der Waals surface area contributed by atoms with Crippen molar-refractivity contribution in [3.8, 4) is 0 Å². The molecule has 0 aromatic heterocycles. The molecule has 3 fully saturated rings. The van der Waals surface area contributed by atoms with Crippen molar-refractivity contribution in [3.05, 3.63) is 134 Å². The number of nitrogens with one attached hydrogen (secondary N) is 1. The van der Waals surface area contributed by atoms with Crippen LogP contribution in [0, 0.1) is 0 Å². The molecule has 0 saturated carbocycles. The van der Waals surface area contributed by atoms with Gasteiger partial charge in [-0.2, -0.15) is 0 Å². The number of aliphatic hydroxyl groups is 11. The van der Waals surface area contributed by atoms with Crippen LogP contribution in [0.4, 0.5) is 0 Å². The molecule has 3 heterocycles. The molecule has 17 unspecified atom stereocenters. The Labute approximate surface area is 492 Å². The standard InChI is InChI=1S/C64H101NO18/c1-3-5-7-9-11-13-14-15-16-17-18-19-20-21-22-23-24-25-26-27-28-29-30-31-32-34-36-38-40-42-52(70)65-47(48(69)41-39-37-35-33-12-10-8-6-4-2)46-78-62-58(76)55(73)60(50(44-67)80-62)83-64-59(77)56(74)61(51(45-68)81-64)82-63-57(75)54(72)53(71)49(43-66)79-63/h5,7,11-13,15-16,18-19,21-22,24-25,27-28,30-31,33-34,36,39,41,47-51,53-64,66-69,71-77H,3-4,6,8-10,14,17,20,23,26,29,32,35,37-38,40,42-46H2,1-2H3,(H,65,70)/b7-5-,13-11-,16-15-,19-18-,22-21-,25-24-,28-27-,31-30-,33-12+,36-34-,41-39+. The summed E-state index contributed by atoms with van der Waals surface area (Å²) in [6.45, 7) is 1.43. The van der Waals surface area contributed by atoms with Crippen molar-refractivity contribution in [1.29, 1.82) is 0 Å². The fourth-order valence-corrected chi connectivity index (χ4v) is 9.03. The molecule has 0 radical (unpaired) electrons. The van der Waals surface area contributed by atoms with Gasteiger partial charge in [-0.15, -0.1) is 0 Å². The van der Waals surface area contributed by atoms with Crippen LogP contribution in [0.2, 0.25) is 0 Å². The molecule has 19 nitrogen and oxygen atoms in total. The summed E-state index contributed by atoms with van der Waals surface area (Å²) in [7, 11) is 0. The average Bonchev–Trinajstić information content (AvgIpc) is 3.25. The van der Waals surface area contributed by atoms with E-state index in [9.17, 15) is 61.0 Å². The maximum Gasteiger partial charge on any atom is 0.220 e. The number of aliphatic hydroxyl groups excluding tert-OH is 11. The number of carbonyl (C=O) groups excluding carboxylic acids is 1. The lowest BCUT2D eigenvalue weighted by atomic mass is 9.96. The van der Waals surface area contributed by atoms with Gasteiger partial charge in [0.05, 0.1) is 38.6 Å². The molecule has 12 N–H and O–H groups in total. The van der Waals surface area contributed by atoms with Crippen LogP contribution < -0.4 is 5.32 Å². The van der Waals surface area contributed by atoms with Gasteiger partial charge in [0, 0.05) is 6.42 Å². The third kappa shape index (κ3) is 28.8. The maximum absolute atomic E-state index is 13.3. The van der Waals surface area contributed by atoms with Crippen molar-refractivity contribution >= 4 is 5.91 Å². The highest BCUT2D eigenvalue weighted by Gasteiger charge is 2.53. The Kier molecular flexibility index (Phi) is 39.9. The summed E-state index contributed by atoms with van der Waals surface area (Å²) in [4.78, 5) is 13.3. The first-order valence-electron chi connectivity index (χ1n) is 29.9. The fourth-order valence-electron chi connectivity index (χ4n) is 9.03. The van der Waals surface area contributed by atoms with E-state index in [0.29, 0.717) is 19.3 Å². The summed E-state index contributed by atoms with van der Waals surface area (Å²) in [5.74, 6) is -0.354. The van der Waals surface area contributed by atoms with Gasteiger partial charge in [-0.25, -0.2) is 0 Å². The first-order valence-corrected chi connectivity index (χ1v) is 29.9. The zero-order valence-electron chi connectivity index (χ0n) is 48.9. The van der Waals surface area contributed by atoms with Crippen LogP contribution in [0.1, 0.15) is 129 Å². The first kappa shape index (κ1) is 73.2. The topological polar surface area (TPSA) is 307 Å². The minimum atomic E-state index is -1.99. The molecular weight excluding hydrogens is 1070 g/mol. The third-order valence-corrected chi connectivity index (χ3v) is 13.9. The summed E-state index contributed by atoms with van der Waals surface area (Å²) in [6.07, 6.45) is 34.7. The summed E-state index contributed by atoms with van der Waals surface area (Å²) >= 11 is 0. The summed E-state index contributed by atoms with van der Waals surface area (Å²) in [5, 5.41) is 120. The zero-order chi connectivity index (χ0) is 60.5. The Morgan fingerprint density at radius 2 is 0.831 bits per heavy atom. The fraction of sp³-hybridized carbons (Fsp3) is 0.641. The van der Waals surface area contributed by atoms with E-state index >= 15 is 0 Å². The zero-order valence-corrected chi connectivity index (χ0v) is 48.9. The number of unbranched alkanes of at least 4 members (excludes halogenated alkanes) is 5. The average molecular weight is 1170 g/mol. The highest BCUT2D eigenvalue weighted by molar-refractivity contribution is 5.76. The molecule has 3 rings (SSSR count). The summed E-state index contributed by atoms with van der Waals surface area (Å²) in [6, 6.07) is -1.03. The van der Waals surface area contributed by atoms with E-state index in [0.717, 1.165) is 89.9 Å². The van der Waals surface area contributed by atoms with Crippen molar-refractivity contribution in [1.82, 2.24) is 5.32 Å². The predicted molar refractivity (Wildman–Crippen MR) is 318 cm³/mol. The van der Waals surface area contributed by atoms with E-state index in [1.165, 1.54) is 0 Å². The molecule has 17 atom stereocenters. The normalized spacial score (nSPS) is 30.3. The van der Waals surface area contributed by atoms with Gasteiger partial charge < -0.3 is 89.9 Å². The van der Waals surface area contributed by atoms with Crippen LogP contribution in [-0.4, -0.2) is 193 Å². The second kappa shape index (κ2) is 45.3. The van der Waals surface area contributed by atoms with Crippen molar-refractivity contribution in [2.24, 2.45) is 0 Å². The van der Waals surface area contributed by atoms with E-state index in [1.807, 2.05) is 12.2 Å². The Morgan fingerprint density at radius 3 is 1.30 bits per heavy atom. The van der Waals surface area contributed by atoms with E-state index in [-0.39, 0.29) is 12.3 Å². The molecule has 0 spiro atoms. The number of amides is 1. The van der Waals surface area contributed by atoms with E-state index < -0.39 is 131 Å². The van der Waals surface area contributed by atoms with Crippen LogP contribution >= 0.6 is 0 Å². The lowest BCUT2D eigenvalue weighted by Gasteiger charge is -2.48. The molecule has 3 aliphatic rings. The first-order chi connectivity index (χ1) is 40.3. The Morgan fingerprint density at radius 1 is 0.446 bits per heavy atom. The molecule has 0 bridgehead atoms. The molecule has 83 heavy (non-hydrogen) atoms. The lowest BCUT2D eigenvalue weighted by molar-refractivity contribution is -0.379. The summed E-state index contributed by atoms with van der Waals surface area (Å²) in [5.41, 5.74) is 0. The Hall–Kier alpha value is -4.07. The van der Waals surface area contributed by atoms with E-state index in [1.54, 1.807) is 12.2 Å². The minimum Gasteiger partial charge on any atom is -0.394 e. The van der Waals surface area contributed by atoms with Crippen LogP contribution in [0.15, 0.2) is 134 Å². The van der Waals surface area contributed by atoms with Gasteiger partial charge in [-0.1, -0.05) is 160 Å². The van der Waals surface area contributed by atoms with Gasteiger partial charge in [0.15, 0.2) is 18.9 Å². The molecule has 0 aromatic carbocycles. The number of ether oxygens (including phenoxy) is 6. The quantitative estimate of drug-likeness (QED) is 0.0267. The van der Waals surface area contributed by atoms with Gasteiger partial charge >= 0.3 is 0 Å². The SMILES string of the molecule is CC/C=C\C/C=C\C/C=C\C/C=C\C/C=C\C/C=C\C/C=C\C/C=C\C/C=C\CCCC(=O)NC(COC1OC(CO)C(OC2OC(CO)C(OC3OC(CO)C(O)C(O)C3O)C(O)C2O)C(O)C1O)C(O)/C=C/CC/C=C/CCCCC. The van der Waals surface area contributed by atoms with Crippen LogP contribution in [-0.2, 0) is 33.2 Å². The number of hydrogen-bond acceptors (Lipinski definition) is 18. The molecule has 19 heteroatoms. The van der Waals surface area contributed by atoms with Crippen LogP contribution in [0.5, 0.6) is 0 Å². The number of hydrogen-bond donors (Lipinski definition) is 12. The highest BCUT2D eigenvalue weighted by atomic mass is 16.8. The van der Waals surface area contributed by atoms with Crippen molar-refractivity contribution in [3.63, 3.8) is 0 Å². The molecule has 3 saturated heterocycles. The maximum atomic E-state index is 13.3. The molecule has 0 aromatic rings. The van der Waals surface area contributed by atoms with E-state index in [2.05, 4.69) is 129 Å². The lowest BCUT2D eigenvalue weighted by Crippen LogP contribution is -2.66. The second-order valence-corrected chi connectivity index (χ2v) is 20.7. The van der Waals surface area contributed by atoms with Crippen LogP contribution in [0.3, 0.4) is 0 Å². The summed E-state index contributed by atoms with van der Waals surface area (Å²) < 4.78 is 34.1. The Bertz CT molecular complexity index is 2030. The van der Waals surface area contributed by atoms with Crippen molar-refractivity contribution in [2.75, 3.05) is 26.4 Å². The molecule has 470 valence electrons. The van der Waals surface area contributed by atoms with Gasteiger partial charge in [0.2, 0.25) is 5.91 Å². The molecule has 1 amide bonds. The largest absolute Gasteiger partial charge is 0.394 e. The number of allylic oxidation sites excluding steroid dienone is 21. The van der Waals surface area contributed by atoms with Crippen molar-refractivity contribution < 1.29 is 89.4 Å². The van der Waals surface area contributed by atoms with Crippen molar-refractivity contribution in [2.45, 2.75) is 234 Å². The number of carbonyl (C=O) groups is 1. The third-order valence-electron chi connectivity index (χ3n) is 13.9. The molecular formula is C64H101NO18. The van der Waals surface area contributed by atoms with Gasteiger partial charge in [-0.3, -0.25) is 4.79 Å².